The van der Waals surface area contributed by atoms with Crippen LogP contribution in [0.15, 0.2) is 53.1 Å². The number of benzene rings is 1. The first kappa shape index (κ1) is 19.9. The minimum atomic E-state index is -0.371. The van der Waals surface area contributed by atoms with E-state index < -0.39 is 0 Å². The standard InChI is InChI=1S/C27H30O2/c1-19-24-9-6-10-25(28)27(24,2)18-23(26(19)29)17-22-15-13-21(14-16-22)12-11-20-7-4-3-5-8-20/h4,7,13-17,20,25,28H,3,5-6,8-10,18H2,1-2H3/b23-17+/t20?,25-,27-/m0/s1. The van der Waals surface area contributed by atoms with Crippen LogP contribution in [0.4, 0.5) is 0 Å². The molecular formula is C27H30O2. The summed E-state index contributed by atoms with van der Waals surface area (Å²) in [6.07, 6.45) is 12.9. The van der Waals surface area contributed by atoms with Gasteiger partial charge in [-0.25, -0.2) is 0 Å². The fraction of sp³-hybridized carbons (Fsp3) is 0.444. The lowest BCUT2D eigenvalue weighted by Gasteiger charge is -2.45. The molecule has 3 atom stereocenters. The van der Waals surface area contributed by atoms with E-state index in [1.54, 1.807) is 0 Å². The highest BCUT2D eigenvalue weighted by atomic mass is 16.3. The van der Waals surface area contributed by atoms with Crippen molar-refractivity contribution < 1.29 is 9.90 Å². The predicted octanol–water partition coefficient (Wildman–Crippen LogP) is 5.62. The first-order valence-corrected chi connectivity index (χ1v) is 10.9. The molecular weight excluding hydrogens is 356 g/mol. The van der Waals surface area contributed by atoms with Gasteiger partial charge in [0.05, 0.1) is 6.10 Å². The molecule has 1 fully saturated rings. The molecule has 0 aliphatic heterocycles. The summed E-state index contributed by atoms with van der Waals surface area (Å²) >= 11 is 0. The van der Waals surface area contributed by atoms with Crippen LogP contribution in [0.3, 0.4) is 0 Å². The Morgan fingerprint density at radius 2 is 1.97 bits per heavy atom. The molecule has 2 heteroatoms. The zero-order valence-corrected chi connectivity index (χ0v) is 17.5. The number of carbonyl (C=O) groups is 1. The quantitative estimate of drug-likeness (QED) is 0.386. The molecule has 2 nitrogen and oxygen atoms in total. The molecule has 3 aliphatic rings. The van der Waals surface area contributed by atoms with Gasteiger partial charge >= 0.3 is 0 Å². The number of aliphatic hydroxyl groups excluding tert-OH is 1. The van der Waals surface area contributed by atoms with Crippen LogP contribution in [0.25, 0.3) is 6.08 Å². The zero-order chi connectivity index (χ0) is 20.4. The molecule has 4 rings (SSSR count). The van der Waals surface area contributed by atoms with Gasteiger partial charge in [-0.15, -0.1) is 0 Å². The maximum atomic E-state index is 12.9. The Balaban J connectivity index is 1.56. The van der Waals surface area contributed by atoms with Gasteiger partial charge in [-0.3, -0.25) is 4.79 Å². The van der Waals surface area contributed by atoms with Crippen molar-refractivity contribution in [3.63, 3.8) is 0 Å². The first-order valence-electron chi connectivity index (χ1n) is 10.9. The lowest BCUT2D eigenvalue weighted by Crippen LogP contribution is -2.42. The van der Waals surface area contributed by atoms with E-state index in [4.69, 9.17) is 0 Å². The van der Waals surface area contributed by atoms with E-state index in [1.807, 2.05) is 37.3 Å². The zero-order valence-electron chi connectivity index (χ0n) is 17.5. The number of aliphatic hydroxyl groups is 1. The van der Waals surface area contributed by atoms with Crippen molar-refractivity contribution in [2.75, 3.05) is 0 Å². The Morgan fingerprint density at radius 1 is 1.17 bits per heavy atom. The third-order valence-electron chi connectivity index (χ3n) is 6.88. The van der Waals surface area contributed by atoms with Gasteiger partial charge in [-0.05, 0) is 81.2 Å². The number of ketones is 1. The fourth-order valence-electron chi connectivity index (χ4n) is 5.06. The lowest BCUT2D eigenvalue weighted by atomic mass is 9.61. The summed E-state index contributed by atoms with van der Waals surface area (Å²) in [7, 11) is 0. The highest BCUT2D eigenvalue weighted by molar-refractivity contribution is 6.12. The number of allylic oxidation sites excluding steroid dienone is 4. The third-order valence-corrected chi connectivity index (χ3v) is 6.88. The molecule has 1 aromatic carbocycles. The van der Waals surface area contributed by atoms with Gasteiger partial charge in [-0.1, -0.05) is 48.6 Å². The van der Waals surface area contributed by atoms with E-state index in [-0.39, 0.29) is 17.3 Å². The second-order valence-electron chi connectivity index (χ2n) is 8.96. The van der Waals surface area contributed by atoms with Crippen LogP contribution < -0.4 is 0 Å². The summed E-state index contributed by atoms with van der Waals surface area (Å²) in [5.41, 5.74) is 4.53. The van der Waals surface area contributed by atoms with Gasteiger partial charge in [0.15, 0.2) is 5.78 Å². The molecule has 0 amide bonds. The molecule has 150 valence electrons. The molecule has 1 N–H and O–H groups in total. The number of hydrogen-bond donors (Lipinski definition) is 1. The van der Waals surface area contributed by atoms with Gasteiger partial charge in [0.1, 0.15) is 0 Å². The van der Waals surface area contributed by atoms with Gasteiger partial charge in [0.2, 0.25) is 0 Å². The van der Waals surface area contributed by atoms with Crippen LogP contribution in [0, 0.1) is 23.2 Å². The molecule has 0 saturated heterocycles. The maximum Gasteiger partial charge on any atom is 0.184 e. The Hall–Kier alpha value is -2.37. The molecule has 1 unspecified atom stereocenters. The Labute approximate surface area is 174 Å². The number of Topliss-reactive ketones (excluding diaryl/α,β-unsaturated/α-hetero) is 1. The fourth-order valence-corrected chi connectivity index (χ4v) is 5.06. The summed E-state index contributed by atoms with van der Waals surface area (Å²) in [4.78, 5) is 12.9. The number of hydrogen-bond acceptors (Lipinski definition) is 2. The van der Waals surface area contributed by atoms with Crippen LogP contribution in [0.2, 0.25) is 0 Å². The minimum absolute atomic E-state index is 0.138. The van der Waals surface area contributed by atoms with Gasteiger partial charge in [0.25, 0.3) is 0 Å². The van der Waals surface area contributed by atoms with Gasteiger partial charge in [0, 0.05) is 22.5 Å². The van der Waals surface area contributed by atoms with Crippen molar-refractivity contribution in [1.82, 2.24) is 0 Å². The van der Waals surface area contributed by atoms with E-state index >= 15 is 0 Å². The molecule has 0 spiro atoms. The molecule has 3 aliphatic carbocycles. The van der Waals surface area contributed by atoms with E-state index in [0.717, 1.165) is 48.0 Å². The van der Waals surface area contributed by atoms with E-state index in [2.05, 4.69) is 30.9 Å². The van der Waals surface area contributed by atoms with Crippen LogP contribution in [0.5, 0.6) is 0 Å². The van der Waals surface area contributed by atoms with Crippen molar-refractivity contribution in [1.29, 1.82) is 0 Å². The largest absolute Gasteiger partial charge is 0.392 e. The first-order chi connectivity index (χ1) is 14.0. The van der Waals surface area contributed by atoms with Crippen molar-refractivity contribution in [2.45, 2.75) is 64.9 Å². The maximum absolute atomic E-state index is 12.9. The second kappa shape index (κ2) is 8.17. The molecule has 0 radical (unpaired) electrons. The summed E-state index contributed by atoms with van der Waals surface area (Å²) in [5, 5.41) is 10.7. The Morgan fingerprint density at radius 3 is 2.69 bits per heavy atom. The SMILES string of the molecule is CC1=C2CCC[C@H](O)[C@@]2(C)C/C(=C\c2ccc(C#CC3C=CCCC3)cc2)C1=O. The molecule has 1 saturated carbocycles. The molecule has 29 heavy (non-hydrogen) atoms. The van der Waals surface area contributed by atoms with Gasteiger partial charge < -0.3 is 5.11 Å². The van der Waals surface area contributed by atoms with E-state index in [0.29, 0.717) is 12.3 Å². The predicted molar refractivity (Wildman–Crippen MR) is 118 cm³/mol. The van der Waals surface area contributed by atoms with Crippen LogP contribution >= 0.6 is 0 Å². The van der Waals surface area contributed by atoms with Crippen molar-refractivity contribution in [3.05, 3.63) is 64.3 Å². The van der Waals surface area contributed by atoms with Crippen LogP contribution in [-0.4, -0.2) is 17.0 Å². The smallest absolute Gasteiger partial charge is 0.184 e. The average molecular weight is 387 g/mol. The van der Waals surface area contributed by atoms with Crippen LogP contribution in [-0.2, 0) is 4.79 Å². The summed E-state index contributed by atoms with van der Waals surface area (Å²) in [6, 6.07) is 8.14. The van der Waals surface area contributed by atoms with Crippen LogP contribution in [0.1, 0.15) is 69.9 Å². The molecule has 0 heterocycles. The molecule has 0 bridgehead atoms. The lowest BCUT2D eigenvalue weighted by molar-refractivity contribution is -0.113. The Kier molecular flexibility index (Phi) is 5.61. The minimum Gasteiger partial charge on any atom is -0.392 e. The second-order valence-corrected chi connectivity index (χ2v) is 8.96. The number of fused-ring (bicyclic) bond motifs is 1. The topological polar surface area (TPSA) is 37.3 Å². The van der Waals surface area contributed by atoms with Crippen molar-refractivity contribution >= 4 is 11.9 Å². The van der Waals surface area contributed by atoms with Crippen molar-refractivity contribution in [2.24, 2.45) is 11.3 Å². The van der Waals surface area contributed by atoms with Crippen molar-refractivity contribution in [3.8, 4) is 11.8 Å². The highest BCUT2D eigenvalue weighted by Crippen LogP contribution is 2.50. The van der Waals surface area contributed by atoms with E-state index in [9.17, 15) is 9.90 Å². The summed E-state index contributed by atoms with van der Waals surface area (Å²) in [6.45, 7) is 4.05. The van der Waals surface area contributed by atoms with E-state index in [1.165, 1.54) is 18.4 Å². The monoisotopic (exact) mass is 386 g/mol. The molecule has 1 aromatic rings. The Bertz CT molecular complexity index is 948. The summed E-state index contributed by atoms with van der Waals surface area (Å²) < 4.78 is 0. The van der Waals surface area contributed by atoms with Gasteiger partial charge in [-0.2, -0.15) is 0 Å². The normalized spacial score (nSPS) is 30.7. The highest BCUT2D eigenvalue weighted by Gasteiger charge is 2.45. The number of carbonyl (C=O) groups excluding carboxylic acids is 1. The number of rotatable bonds is 1. The third kappa shape index (κ3) is 4.02. The molecule has 0 aromatic heterocycles. The summed E-state index contributed by atoms with van der Waals surface area (Å²) in [5.74, 6) is 7.14. The average Bonchev–Trinajstić information content (AvgIpc) is 2.74.